The summed E-state index contributed by atoms with van der Waals surface area (Å²) in [6.45, 7) is 4.31. The van der Waals surface area contributed by atoms with E-state index in [1.807, 2.05) is 30.3 Å². The molecule has 1 aliphatic rings. The first kappa shape index (κ1) is 15.8. The number of ether oxygens (including phenoxy) is 2. The van der Waals surface area contributed by atoms with Gasteiger partial charge in [0.05, 0.1) is 19.8 Å². The third kappa shape index (κ3) is 3.84. The summed E-state index contributed by atoms with van der Waals surface area (Å²) in [6, 6.07) is 14.2. The monoisotopic (exact) mass is 313 g/mol. The third-order valence-corrected chi connectivity index (χ3v) is 4.16. The molecule has 2 N–H and O–H groups in total. The number of fused-ring (bicyclic) bond motifs is 1. The van der Waals surface area contributed by atoms with Gasteiger partial charge in [-0.05, 0) is 35.7 Å². The van der Waals surface area contributed by atoms with Crippen LogP contribution in [0.1, 0.15) is 36.1 Å². The second-order valence-electron chi connectivity index (χ2n) is 5.79. The summed E-state index contributed by atoms with van der Waals surface area (Å²) in [5, 5.41) is 12.9. The van der Waals surface area contributed by atoms with Gasteiger partial charge >= 0.3 is 0 Å². The highest BCUT2D eigenvalue weighted by Gasteiger charge is 2.13. The number of rotatable bonds is 5. The van der Waals surface area contributed by atoms with Crippen LogP contribution in [0.4, 0.5) is 0 Å². The molecule has 4 heteroatoms. The summed E-state index contributed by atoms with van der Waals surface area (Å²) in [6.07, 6.45) is 0.912. The van der Waals surface area contributed by atoms with Crippen LogP contribution in [0.3, 0.4) is 0 Å². The van der Waals surface area contributed by atoms with Crippen molar-refractivity contribution < 1.29 is 14.6 Å². The van der Waals surface area contributed by atoms with Crippen LogP contribution in [0.25, 0.3) is 0 Å². The highest BCUT2D eigenvalue weighted by atomic mass is 16.5. The molecule has 0 bridgehead atoms. The summed E-state index contributed by atoms with van der Waals surface area (Å²) in [5.41, 5.74) is 3.25. The summed E-state index contributed by atoms with van der Waals surface area (Å²) in [5.74, 6) is 1.65. The standard InChI is InChI=1S/C19H23NO3/c1-14(20-12-16-5-2-3-6-17(16)13-21)15-7-8-18-19(11-15)23-10-4-9-22-18/h2-3,5-8,11,14,20-21H,4,9-10,12-13H2,1H3. The van der Waals surface area contributed by atoms with Crippen molar-refractivity contribution in [2.75, 3.05) is 13.2 Å². The maximum Gasteiger partial charge on any atom is 0.161 e. The second kappa shape index (κ2) is 7.49. The van der Waals surface area contributed by atoms with Crippen molar-refractivity contribution >= 4 is 0 Å². The van der Waals surface area contributed by atoms with E-state index in [4.69, 9.17) is 9.47 Å². The molecular weight excluding hydrogens is 290 g/mol. The predicted octanol–water partition coefficient (Wildman–Crippen LogP) is 3.19. The summed E-state index contributed by atoms with van der Waals surface area (Å²) in [7, 11) is 0. The third-order valence-electron chi connectivity index (χ3n) is 4.16. The van der Waals surface area contributed by atoms with Crippen molar-refractivity contribution in [3.8, 4) is 11.5 Å². The Hall–Kier alpha value is -2.04. The van der Waals surface area contributed by atoms with E-state index < -0.39 is 0 Å². The molecule has 1 heterocycles. The first-order valence-electron chi connectivity index (χ1n) is 8.08. The maximum atomic E-state index is 9.40. The van der Waals surface area contributed by atoms with E-state index in [0.29, 0.717) is 19.8 Å². The summed E-state index contributed by atoms with van der Waals surface area (Å²) >= 11 is 0. The minimum atomic E-state index is 0.0657. The van der Waals surface area contributed by atoms with E-state index in [-0.39, 0.29) is 12.6 Å². The maximum absolute atomic E-state index is 9.40. The topological polar surface area (TPSA) is 50.7 Å². The molecule has 2 aromatic carbocycles. The highest BCUT2D eigenvalue weighted by molar-refractivity contribution is 5.44. The molecule has 1 aliphatic heterocycles. The van der Waals surface area contributed by atoms with Gasteiger partial charge in [-0.15, -0.1) is 0 Å². The van der Waals surface area contributed by atoms with E-state index in [1.165, 1.54) is 0 Å². The van der Waals surface area contributed by atoms with Gasteiger partial charge in [-0.25, -0.2) is 0 Å². The lowest BCUT2D eigenvalue weighted by atomic mass is 10.1. The predicted molar refractivity (Wildman–Crippen MR) is 89.7 cm³/mol. The van der Waals surface area contributed by atoms with E-state index in [1.54, 1.807) is 0 Å². The molecule has 4 nitrogen and oxygen atoms in total. The van der Waals surface area contributed by atoms with Crippen LogP contribution in [0.15, 0.2) is 42.5 Å². The van der Waals surface area contributed by atoms with E-state index >= 15 is 0 Å². The number of aliphatic hydroxyl groups excluding tert-OH is 1. The normalized spacial score (nSPS) is 15.0. The van der Waals surface area contributed by atoms with Crippen molar-refractivity contribution in [1.29, 1.82) is 0 Å². The SMILES string of the molecule is CC(NCc1ccccc1CO)c1ccc2c(c1)OCCCO2. The Kier molecular flexibility index (Phi) is 5.16. The van der Waals surface area contributed by atoms with Crippen molar-refractivity contribution in [2.45, 2.75) is 32.5 Å². The van der Waals surface area contributed by atoms with Gasteiger partial charge in [-0.2, -0.15) is 0 Å². The number of nitrogens with one attached hydrogen (secondary N) is 1. The highest BCUT2D eigenvalue weighted by Crippen LogP contribution is 2.32. The zero-order chi connectivity index (χ0) is 16.1. The molecule has 23 heavy (non-hydrogen) atoms. The van der Waals surface area contributed by atoms with Crippen LogP contribution in [-0.2, 0) is 13.2 Å². The van der Waals surface area contributed by atoms with Gasteiger partial charge in [0.1, 0.15) is 0 Å². The average Bonchev–Trinajstić information content (AvgIpc) is 2.84. The second-order valence-corrected chi connectivity index (χ2v) is 5.79. The lowest BCUT2D eigenvalue weighted by Crippen LogP contribution is -2.19. The van der Waals surface area contributed by atoms with Gasteiger partial charge in [0.2, 0.25) is 0 Å². The smallest absolute Gasteiger partial charge is 0.161 e. The van der Waals surface area contributed by atoms with Gasteiger partial charge in [-0.1, -0.05) is 30.3 Å². The molecule has 0 aromatic heterocycles. The number of hydrogen-bond acceptors (Lipinski definition) is 4. The van der Waals surface area contributed by atoms with Crippen LogP contribution in [0.5, 0.6) is 11.5 Å². The fourth-order valence-corrected chi connectivity index (χ4v) is 2.71. The molecule has 122 valence electrons. The Labute approximate surface area is 137 Å². The van der Waals surface area contributed by atoms with Crippen LogP contribution in [0.2, 0.25) is 0 Å². The Bertz CT molecular complexity index is 657. The molecule has 3 rings (SSSR count). The molecule has 1 atom stereocenters. The molecule has 0 aliphatic carbocycles. The molecule has 0 spiro atoms. The lowest BCUT2D eigenvalue weighted by molar-refractivity contribution is 0.280. The number of benzene rings is 2. The van der Waals surface area contributed by atoms with Gasteiger partial charge in [0.25, 0.3) is 0 Å². The molecule has 0 fully saturated rings. The van der Waals surface area contributed by atoms with Crippen LogP contribution in [0, 0.1) is 0 Å². The minimum Gasteiger partial charge on any atom is -0.490 e. The lowest BCUT2D eigenvalue weighted by Gasteiger charge is -2.17. The van der Waals surface area contributed by atoms with Gasteiger partial charge in [-0.3, -0.25) is 0 Å². The Morgan fingerprint density at radius 3 is 2.57 bits per heavy atom. The molecule has 0 saturated heterocycles. The number of hydrogen-bond donors (Lipinski definition) is 2. The molecule has 0 saturated carbocycles. The van der Waals surface area contributed by atoms with E-state index in [9.17, 15) is 5.11 Å². The molecule has 0 radical (unpaired) electrons. The average molecular weight is 313 g/mol. The van der Waals surface area contributed by atoms with Crippen LogP contribution < -0.4 is 14.8 Å². The summed E-state index contributed by atoms with van der Waals surface area (Å²) in [4.78, 5) is 0. The fourth-order valence-electron chi connectivity index (χ4n) is 2.71. The quantitative estimate of drug-likeness (QED) is 0.890. The van der Waals surface area contributed by atoms with Crippen molar-refractivity contribution in [2.24, 2.45) is 0 Å². The fraction of sp³-hybridized carbons (Fsp3) is 0.368. The minimum absolute atomic E-state index is 0.0657. The number of aliphatic hydroxyl groups is 1. The van der Waals surface area contributed by atoms with Gasteiger partial charge < -0.3 is 19.9 Å². The molecule has 0 amide bonds. The Morgan fingerprint density at radius 1 is 1.04 bits per heavy atom. The zero-order valence-electron chi connectivity index (χ0n) is 13.4. The van der Waals surface area contributed by atoms with Crippen molar-refractivity contribution in [1.82, 2.24) is 5.32 Å². The molecule has 2 aromatic rings. The Morgan fingerprint density at radius 2 is 1.78 bits per heavy atom. The molecule has 1 unspecified atom stereocenters. The van der Waals surface area contributed by atoms with E-state index in [2.05, 4.69) is 24.4 Å². The van der Waals surface area contributed by atoms with Crippen molar-refractivity contribution in [3.63, 3.8) is 0 Å². The van der Waals surface area contributed by atoms with Gasteiger partial charge in [0, 0.05) is 19.0 Å². The molecular formula is C19H23NO3. The Balaban J connectivity index is 1.68. The largest absolute Gasteiger partial charge is 0.490 e. The van der Waals surface area contributed by atoms with Gasteiger partial charge in [0.15, 0.2) is 11.5 Å². The van der Waals surface area contributed by atoms with Crippen LogP contribution in [-0.4, -0.2) is 18.3 Å². The van der Waals surface area contributed by atoms with E-state index in [0.717, 1.165) is 34.6 Å². The first-order valence-corrected chi connectivity index (χ1v) is 8.08. The first-order chi connectivity index (χ1) is 11.3. The zero-order valence-corrected chi connectivity index (χ0v) is 13.4. The summed E-state index contributed by atoms with van der Waals surface area (Å²) < 4.78 is 11.4. The van der Waals surface area contributed by atoms with Crippen LogP contribution >= 0.6 is 0 Å². The van der Waals surface area contributed by atoms with Crippen molar-refractivity contribution in [3.05, 3.63) is 59.2 Å².